The molecule has 0 unspecified atom stereocenters. The number of hydrogen-bond acceptors (Lipinski definition) is 4. The van der Waals surface area contributed by atoms with Gasteiger partial charge in [0.05, 0.1) is 0 Å². The van der Waals surface area contributed by atoms with Crippen LogP contribution in [0.2, 0.25) is 0 Å². The molecule has 0 aliphatic rings. The van der Waals surface area contributed by atoms with Gasteiger partial charge >= 0.3 is 0 Å². The Balaban J connectivity index is 1.50. The fourth-order valence-electron chi connectivity index (χ4n) is 3.69. The maximum Gasteiger partial charge on any atom is 0.224 e. The maximum atomic E-state index is 4.79. The van der Waals surface area contributed by atoms with Crippen LogP contribution in [0.15, 0.2) is 60.8 Å². The lowest BCUT2D eigenvalue weighted by Gasteiger charge is -2.23. The van der Waals surface area contributed by atoms with Gasteiger partial charge in [0.25, 0.3) is 0 Å². The number of benzene rings is 2. The third-order valence-corrected chi connectivity index (χ3v) is 5.10. The van der Waals surface area contributed by atoms with Crippen molar-refractivity contribution in [1.29, 1.82) is 0 Å². The minimum absolute atomic E-state index is 0.672. The molecular weight excluding hydrogens is 358 g/mol. The van der Waals surface area contributed by atoms with E-state index in [9.17, 15) is 0 Å². The molecule has 0 saturated carbocycles. The summed E-state index contributed by atoms with van der Waals surface area (Å²) < 4.78 is 0. The molecule has 0 saturated heterocycles. The maximum absolute atomic E-state index is 4.79. The normalized spacial score (nSPS) is 11.0. The van der Waals surface area contributed by atoms with Crippen LogP contribution in [0.3, 0.4) is 0 Å². The summed E-state index contributed by atoms with van der Waals surface area (Å²) in [6, 6.07) is 18.9. The van der Waals surface area contributed by atoms with E-state index < -0.39 is 0 Å². The minimum Gasteiger partial charge on any atom is -0.361 e. The number of aromatic nitrogens is 3. The first-order valence-electron chi connectivity index (χ1n) is 10.1. The molecule has 0 fully saturated rings. The zero-order chi connectivity index (χ0) is 20.2. The fraction of sp³-hybridized carbons (Fsp3) is 0.250. The highest BCUT2D eigenvalue weighted by molar-refractivity contribution is 5.83. The number of hydrogen-bond donors (Lipinski definition) is 2. The first-order valence-corrected chi connectivity index (χ1v) is 10.1. The van der Waals surface area contributed by atoms with E-state index in [4.69, 9.17) is 4.98 Å². The van der Waals surface area contributed by atoms with Gasteiger partial charge in [0.1, 0.15) is 5.82 Å². The Bertz CT molecular complexity index is 1120. The molecule has 0 aliphatic heterocycles. The molecule has 0 amide bonds. The molecule has 5 heteroatoms. The Morgan fingerprint density at radius 1 is 1.00 bits per heavy atom. The molecular formula is C24H27N5. The summed E-state index contributed by atoms with van der Waals surface area (Å²) >= 11 is 0. The number of para-hydroxylation sites is 1. The Hall–Kier alpha value is -3.34. The van der Waals surface area contributed by atoms with Crippen LogP contribution >= 0.6 is 0 Å². The molecule has 2 heterocycles. The second kappa shape index (κ2) is 8.35. The van der Waals surface area contributed by atoms with Crippen molar-refractivity contribution in [3.63, 3.8) is 0 Å². The number of H-pyrrole nitrogens is 1. The monoisotopic (exact) mass is 385 g/mol. The number of fused-ring (bicyclic) bond motifs is 1. The Morgan fingerprint density at radius 2 is 1.86 bits per heavy atom. The Morgan fingerprint density at radius 3 is 2.69 bits per heavy atom. The molecule has 2 N–H and O–H groups in total. The van der Waals surface area contributed by atoms with E-state index in [1.807, 2.05) is 13.0 Å². The lowest BCUT2D eigenvalue weighted by molar-refractivity contribution is 0.942. The molecule has 0 radical (unpaired) electrons. The smallest absolute Gasteiger partial charge is 0.224 e. The van der Waals surface area contributed by atoms with Gasteiger partial charge in [-0.3, -0.25) is 0 Å². The van der Waals surface area contributed by atoms with Gasteiger partial charge in [-0.25, -0.2) is 4.98 Å². The number of nitrogens with one attached hydrogen (secondary N) is 2. The van der Waals surface area contributed by atoms with E-state index >= 15 is 0 Å². The summed E-state index contributed by atoms with van der Waals surface area (Å²) in [7, 11) is 0. The van der Waals surface area contributed by atoms with Crippen LogP contribution in [-0.2, 0) is 6.42 Å². The number of anilines is 3. The van der Waals surface area contributed by atoms with Crippen LogP contribution in [0.25, 0.3) is 10.9 Å². The van der Waals surface area contributed by atoms with E-state index in [0.29, 0.717) is 5.95 Å². The number of aromatic amines is 1. The molecule has 0 spiro atoms. The topological polar surface area (TPSA) is 56.8 Å². The fourth-order valence-corrected chi connectivity index (χ4v) is 3.69. The molecule has 148 valence electrons. The molecule has 2 aromatic carbocycles. The highest BCUT2D eigenvalue weighted by Crippen LogP contribution is 2.25. The number of nitrogens with zero attached hydrogens (tertiary/aromatic N) is 3. The zero-order valence-electron chi connectivity index (χ0n) is 17.2. The van der Waals surface area contributed by atoms with E-state index in [1.54, 1.807) is 0 Å². The van der Waals surface area contributed by atoms with Crippen LogP contribution in [0.4, 0.5) is 17.5 Å². The average molecular weight is 386 g/mol. The summed E-state index contributed by atoms with van der Waals surface area (Å²) in [6.45, 7) is 7.89. The van der Waals surface area contributed by atoms with Gasteiger partial charge in [-0.05, 0) is 56.5 Å². The summed E-state index contributed by atoms with van der Waals surface area (Å²) in [6.07, 6.45) is 3.00. The SMILES string of the molecule is CCN(c1cccc(C)c1)c1cc(C)nc(NCCc2c[nH]c3ccccc23)n1. The quantitative estimate of drug-likeness (QED) is 0.448. The van der Waals surface area contributed by atoms with Crippen molar-refractivity contribution >= 4 is 28.4 Å². The molecule has 0 atom stereocenters. The molecule has 29 heavy (non-hydrogen) atoms. The van der Waals surface area contributed by atoms with Gasteiger partial charge < -0.3 is 15.2 Å². The van der Waals surface area contributed by atoms with Crippen LogP contribution in [0.1, 0.15) is 23.7 Å². The van der Waals surface area contributed by atoms with Crippen LogP contribution < -0.4 is 10.2 Å². The molecule has 4 rings (SSSR count). The number of rotatable bonds is 7. The van der Waals surface area contributed by atoms with Gasteiger partial charge in [0.15, 0.2) is 0 Å². The standard InChI is InChI=1S/C24H27N5/c1-4-29(20-9-7-8-17(2)14-20)23-15-18(3)27-24(28-23)25-13-12-19-16-26-22-11-6-5-10-21(19)22/h5-11,14-16,26H,4,12-13H2,1-3H3,(H,25,27,28). The van der Waals surface area contributed by atoms with E-state index in [1.165, 1.54) is 22.0 Å². The van der Waals surface area contributed by atoms with Gasteiger partial charge in [-0.2, -0.15) is 4.98 Å². The summed E-state index contributed by atoms with van der Waals surface area (Å²) in [4.78, 5) is 14.9. The van der Waals surface area contributed by atoms with Crippen molar-refractivity contribution in [2.24, 2.45) is 0 Å². The first kappa shape index (κ1) is 19.0. The van der Waals surface area contributed by atoms with E-state index in [0.717, 1.165) is 36.7 Å². The molecule has 4 aromatic rings. The third-order valence-electron chi connectivity index (χ3n) is 5.10. The summed E-state index contributed by atoms with van der Waals surface area (Å²) in [5.74, 6) is 1.59. The van der Waals surface area contributed by atoms with Gasteiger partial charge in [-0.1, -0.05) is 30.3 Å². The largest absolute Gasteiger partial charge is 0.361 e. The average Bonchev–Trinajstić information content (AvgIpc) is 3.12. The minimum atomic E-state index is 0.672. The molecule has 0 bridgehead atoms. The predicted octanol–water partition coefficient (Wildman–Crippen LogP) is 5.39. The summed E-state index contributed by atoms with van der Waals surface area (Å²) in [5.41, 5.74) is 5.82. The van der Waals surface area contributed by atoms with Crippen molar-refractivity contribution in [1.82, 2.24) is 15.0 Å². The lowest BCUT2D eigenvalue weighted by Crippen LogP contribution is -2.19. The lowest BCUT2D eigenvalue weighted by atomic mass is 10.1. The second-order valence-electron chi connectivity index (χ2n) is 7.31. The highest BCUT2D eigenvalue weighted by atomic mass is 15.2. The highest BCUT2D eigenvalue weighted by Gasteiger charge is 2.12. The predicted molar refractivity (Wildman–Crippen MR) is 121 cm³/mol. The third kappa shape index (κ3) is 4.24. The van der Waals surface area contributed by atoms with E-state index in [2.05, 4.69) is 88.8 Å². The van der Waals surface area contributed by atoms with Crippen molar-refractivity contribution in [2.75, 3.05) is 23.3 Å². The van der Waals surface area contributed by atoms with Crippen molar-refractivity contribution in [3.8, 4) is 0 Å². The van der Waals surface area contributed by atoms with Gasteiger partial charge in [0.2, 0.25) is 5.95 Å². The van der Waals surface area contributed by atoms with Crippen molar-refractivity contribution in [2.45, 2.75) is 27.2 Å². The number of aryl methyl sites for hydroxylation is 2. The van der Waals surface area contributed by atoms with E-state index in [-0.39, 0.29) is 0 Å². The molecule has 2 aromatic heterocycles. The van der Waals surface area contributed by atoms with Crippen molar-refractivity contribution in [3.05, 3.63) is 77.6 Å². The summed E-state index contributed by atoms with van der Waals surface area (Å²) in [5, 5.41) is 4.68. The van der Waals surface area contributed by atoms with Crippen LogP contribution in [-0.4, -0.2) is 28.0 Å². The van der Waals surface area contributed by atoms with Crippen LogP contribution in [0, 0.1) is 13.8 Å². The molecule has 0 aliphatic carbocycles. The zero-order valence-corrected chi connectivity index (χ0v) is 17.2. The van der Waals surface area contributed by atoms with Crippen molar-refractivity contribution < 1.29 is 0 Å². The van der Waals surface area contributed by atoms with Crippen LogP contribution in [0.5, 0.6) is 0 Å². The van der Waals surface area contributed by atoms with Gasteiger partial charge in [0, 0.05) is 47.6 Å². The Labute approximate surface area is 171 Å². The second-order valence-corrected chi connectivity index (χ2v) is 7.31. The Kier molecular flexibility index (Phi) is 5.47. The van der Waals surface area contributed by atoms with Gasteiger partial charge in [-0.15, -0.1) is 0 Å². The first-order chi connectivity index (χ1) is 14.1. The molecule has 5 nitrogen and oxygen atoms in total.